The minimum absolute atomic E-state index is 0.0209. The Labute approximate surface area is 197 Å². The number of anilines is 2. The van der Waals surface area contributed by atoms with Crippen molar-refractivity contribution in [1.29, 1.82) is 0 Å². The van der Waals surface area contributed by atoms with E-state index in [1.807, 2.05) is 48.6 Å². The molecule has 10 nitrogen and oxygen atoms in total. The highest BCUT2D eigenvalue weighted by molar-refractivity contribution is 5.95. The van der Waals surface area contributed by atoms with Crippen LogP contribution in [0.1, 0.15) is 40.1 Å². The lowest BCUT2D eigenvalue weighted by atomic mass is 10.1. The number of fused-ring (bicyclic) bond motifs is 1. The Morgan fingerprint density at radius 1 is 1.09 bits per heavy atom. The highest BCUT2D eigenvalue weighted by Gasteiger charge is 2.31. The van der Waals surface area contributed by atoms with Crippen molar-refractivity contribution in [2.45, 2.75) is 46.8 Å². The van der Waals surface area contributed by atoms with Crippen LogP contribution in [0.4, 0.5) is 11.6 Å². The molecule has 0 saturated heterocycles. The number of carbonyl (C=O) groups is 1. The van der Waals surface area contributed by atoms with E-state index in [-0.39, 0.29) is 11.9 Å². The van der Waals surface area contributed by atoms with E-state index in [0.29, 0.717) is 24.7 Å². The zero-order chi connectivity index (χ0) is 23.8. The molecule has 1 atom stereocenters. The van der Waals surface area contributed by atoms with Crippen LogP contribution in [0.25, 0.3) is 11.3 Å². The number of carbonyl (C=O) groups excluding carboxylic acids is 1. The summed E-state index contributed by atoms with van der Waals surface area (Å²) in [5, 5.41) is 11.1. The standard InChI is InChI=1S/C24H25N9O/c1-14-10-27-24(29-19-5-6-28-31-17(19)4)30-22(14)18-9-21-23(34)33(15(2)11-32(21)12-18)13-20-16(3)25-7-8-26-20/h5-10,12,15H,11,13H2,1-4H3,(H,27,28,29,30)/t15-/m0/s1. The van der Waals surface area contributed by atoms with Gasteiger partial charge in [0.25, 0.3) is 5.91 Å². The lowest BCUT2D eigenvalue weighted by Crippen LogP contribution is -2.45. The maximum Gasteiger partial charge on any atom is 0.271 e. The van der Waals surface area contributed by atoms with Crippen LogP contribution in [-0.2, 0) is 13.1 Å². The van der Waals surface area contributed by atoms with Crippen molar-refractivity contribution >= 4 is 17.5 Å². The van der Waals surface area contributed by atoms with Gasteiger partial charge in [-0.05, 0) is 45.4 Å². The van der Waals surface area contributed by atoms with Gasteiger partial charge in [0.1, 0.15) is 5.69 Å². The molecule has 0 spiro atoms. The molecule has 4 aromatic heterocycles. The summed E-state index contributed by atoms with van der Waals surface area (Å²) < 4.78 is 2.01. The van der Waals surface area contributed by atoms with Gasteiger partial charge in [-0.1, -0.05) is 0 Å². The minimum Gasteiger partial charge on any atom is -0.341 e. The van der Waals surface area contributed by atoms with Gasteiger partial charge in [0.2, 0.25) is 5.95 Å². The zero-order valence-corrected chi connectivity index (χ0v) is 19.5. The largest absolute Gasteiger partial charge is 0.341 e. The van der Waals surface area contributed by atoms with E-state index in [1.54, 1.807) is 24.8 Å². The van der Waals surface area contributed by atoms with Crippen LogP contribution in [-0.4, -0.2) is 51.5 Å². The summed E-state index contributed by atoms with van der Waals surface area (Å²) in [6.07, 6.45) is 8.71. The molecule has 4 aromatic rings. The first kappa shape index (κ1) is 21.6. The second-order valence-corrected chi connectivity index (χ2v) is 8.52. The Morgan fingerprint density at radius 3 is 2.71 bits per heavy atom. The Morgan fingerprint density at radius 2 is 1.91 bits per heavy atom. The average Bonchev–Trinajstić information content (AvgIpc) is 3.24. The molecule has 0 aliphatic carbocycles. The van der Waals surface area contributed by atoms with Gasteiger partial charge in [-0.2, -0.15) is 10.2 Å². The molecule has 1 aliphatic rings. The summed E-state index contributed by atoms with van der Waals surface area (Å²) in [4.78, 5) is 33.1. The monoisotopic (exact) mass is 455 g/mol. The maximum absolute atomic E-state index is 13.4. The van der Waals surface area contributed by atoms with Gasteiger partial charge < -0.3 is 14.8 Å². The number of aromatic nitrogens is 7. The molecule has 1 amide bonds. The predicted molar refractivity (Wildman–Crippen MR) is 126 cm³/mol. The Kier molecular flexibility index (Phi) is 5.48. The summed E-state index contributed by atoms with van der Waals surface area (Å²) in [5.41, 5.74) is 6.40. The zero-order valence-electron chi connectivity index (χ0n) is 19.5. The van der Waals surface area contributed by atoms with Gasteiger partial charge in [0.05, 0.1) is 41.2 Å². The molecular formula is C24H25N9O. The van der Waals surface area contributed by atoms with Gasteiger partial charge in [-0.25, -0.2) is 9.97 Å². The number of aryl methyl sites for hydroxylation is 3. The van der Waals surface area contributed by atoms with Crippen LogP contribution in [0, 0.1) is 20.8 Å². The second-order valence-electron chi connectivity index (χ2n) is 8.52. The molecule has 0 unspecified atom stereocenters. The molecule has 10 heteroatoms. The molecule has 1 aliphatic heterocycles. The lowest BCUT2D eigenvalue weighted by Gasteiger charge is -2.34. The van der Waals surface area contributed by atoms with E-state index in [1.165, 1.54) is 0 Å². The topological polar surface area (TPSA) is 115 Å². The average molecular weight is 456 g/mol. The third kappa shape index (κ3) is 3.98. The third-order valence-electron chi connectivity index (χ3n) is 6.07. The fraction of sp³-hybridized carbons (Fsp3) is 0.292. The van der Waals surface area contributed by atoms with E-state index >= 15 is 0 Å². The van der Waals surface area contributed by atoms with Crippen molar-refractivity contribution in [2.75, 3.05) is 5.32 Å². The molecule has 0 radical (unpaired) electrons. The molecule has 172 valence electrons. The van der Waals surface area contributed by atoms with Crippen LogP contribution in [0.15, 0.2) is 43.1 Å². The first-order chi connectivity index (χ1) is 16.4. The first-order valence-corrected chi connectivity index (χ1v) is 11.1. The third-order valence-corrected chi connectivity index (χ3v) is 6.07. The van der Waals surface area contributed by atoms with Crippen molar-refractivity contribution in [2.24, 2.45) is 0 Å². The highest BCUT2D eigenvalue weighted by atomic mass is 16.2. The summed E-state index contributed by atoms with van der Waals surface area (Å²) >= 11 is 0. The van der Waals surface area contributed by atoms with Gasteiger partial charge in [-0.15, -0.1) is 0 Å². The fourth-order valence-electron chi connectivity index (χ4n) is 4.13. The summed E-state index contributed by atoms with van der Waals surface area (Å²) in [7, 11) is 0. The van der Waals surface area contributed by atoms with Gasteiger partial charge in [0, 0.05) is 42.9 Å². The molecule has 5 heterocycles. The van der Waals surface area contributed by atoms with Crippen molar-refractivity contribution in [1.82, 2.24) is 39.6 Å². The Balaban J connectivity index is 1.45. The van der Waals surface area contributed by atoms with Crippen molar-refractivity contribution in [3.05, 3.63) is 71.5 Å². The number of nitrogens with zero attached hydrogens (tertiary/aromatic N) is 8. The molecule has 34 heavy (non-hydrogen) atoms. The summed E-state index contributed by atoms with van der Waals surface area (Å²) in [6, 6.07) is 3.76. The minimum atomic E-state index is -0.0291. The van der Waals surface area contributed by atoms with E-state index in [4.69, 9.17) is 4.98 Å². The molecule has 0 bridgehead atoms. The van der Waals surface area contributed by atoms with Crippen LogP contribution in [0.5, 0.6) is 0 Å². The number of hydrogen-bond donors (Lipinski definition) is 1. The summed E-state index contributed by atoms with van der Waals surface area (Å²) in [6.45, 7) is 8.91. The van der Waals surface area contributed by atoms with E-state index < -0.39 is 0 Å². The quantitative estimate of drug-likeness (QED) is 0.488. The van der Waals surface area contributed by atoms with Crippen LogP contribution in [0.2, 0.25) is 0 Å². The molecule has 0 fully saturated rings. The summed E-state index contributed by atoms with van der Waals surface area (Å²) in [5.74, 6) is 0.430. The first-order valence-electron chi connectivity index (χ1n) is 11.1. The SMILES string of the molecule is Cc1cnc(Nc2ccnnc2C)nc1-c1cc2n(c1)C[C@H](C)N(Cc1nccnc1C)C2=O. The molecule has 5 rings (SSSR count). The Bertz CT molecular complexity index is 1380. The Hall–Kier alpha value is -4.21. The van der Waals surface area contributed by atoms with Crippen molar-refractivity contribution in [3.8, 4) is 11.3 Å². The maximum atomic E-state index is 13.4. The van der Waals surface area contributed by atoms with Crippen molar-refractivity contribution in [3.63, 3.8) is 0 Å². The highest BCUT2D eigenvalue weighted by Crippen LogP contribution is 2.29. The molecule has 1 N–H and O–H groups in total. The van der Waals surface area contributed by atoms with Crippen LogP contribution in [0.3, 0.4) is 0 Å². The van der Waals surface area contributed by atoms with Gasteiger partial charge in [-0.3, -0.25) is 14.8 Å². The van der Waals surface area contributed by atoms with Crippen molar-refractivity contribution < 1.29 is 4.79 Å². The second kappa shape index (κ2) is 8.62. The van der Waals surface area contributed by atoms with Gasteiger partial charge in [0.15, 0.2) is 0 Å². The number of amides is 1. The molecule has 0 saturated carbocycles. The van der Waals surface area contributed by atoms with Gasteiger partial charge >= 0.3 is 0 Å². The number of nitrogens with one attached hydrogen (secondary N) is 1. The van der Waals surface area contributed by atoms with Crippen LogP contribution < -0.4 is 5.32 Å². The van der Waals surface area contributed by atoms with Crippen LogP contribution >= 0.6 is 0 Å². The van der Waals surface area contributed by atoms with E-state index in [9.17, 15) is 4.79 Å². The van der Waals surface area contributed by atoms with E-state index in [0.717, 1.165) is 39.6 Å². The smallest absolute Gasteiger partial charge is 0.271 e. The number of rotatable bonds is 5. The number of hydrogen-bond acceptors (Lipinski definition) is 8. The lowest BCUT2D eigenvalue weighted by molar-refractivity contribution is 0.0592. The predicted octanol–water partition coefficient (Wildman–Crippen LogP) is 3.24. The normalized spacial score (nSPS) is 15.4. The van der Waals surface area contributed by atoms with E-state index in [2.05, 4.69) is 37.4 Å². The molecular weight excluding hydrogens is 430 g/mol. The fourth-order valence-corrected chi connectivity index (χ4v) is 4.13. The molecule has 0 aromatic carbocycles.